The summed E-state index contributed by atoms with van der Waals surface area (Å²) in [7, 11) is 1.64. The van der Waals surface area contributed by atoms with Crippen LogP contribution in [-0.4, -0.2) is 84.0 Å². The van der Waals surface area contributed by atoms with Gasteiger partial charge in [-0.05, 0) is 87.0 Å². The van der Waals surface area contributed by atoms with Gasteiger partial charge in [0.1, 0.15) is 5.75 Å². The number of pyridine rings is 1. The van der Waals surface area contributed by atoms with Crippen LogP contribution < -0.4 is 4.74 Å². The standard InChI is InChI=1S/C32H47N3O5/c1-39-26-7-8-28-27(21-26)30(25(22-33-28)23-35-17-19-40-20-18-35)29(36)9-11-32(31(37)38)12-15-34(16-13-32)14-10-24-5-3-2-4-6-24/h7-8,21-22,24,29,36H,2-6,9-20,23H2,1H3,(H,37,38)/t29-/m0/s1. The summed E-state index contributed by atoms with van der Waals surface area (Å²) < 4.78 is 11.0. The van der Waals surface area contributed by atoms with E-state index in [-0.39, 0.29) is 0 Å². The number of aliphatic carboxylic acids is 1. The third-order valence-corrected chi connectivity index (χ3v) is 9.77. The largest absolute Gasteiger partial charge is 0.497 e. The second-order valence-corrected chi connectivity index (χ2v) is 12.2. The molecule has 0 spiro atoms. The molecule has 1 aromatic heterocycles. The van der Waals surface area contributed by atoms with E-state index in [2.05, 4.69) is 9.80 Å². The van der Waals surface area contributed by atoms with Gasteiger partial charge in [0.25, 0.3) is 0 Å². The van der Waals surface area contributed by atoms with Gasteiger partial charge in [0.05, 0.1) is 37.4 Å². The fraction of sp³-hybridized carbons (Fsp3) is 0.688. The topological polar surface area (TPSA) is 95.4 Å². The highest BCUT2D eigenvalue weighted by Crippen LogP contribution is 2.41. The Morgan fingerprint density at radius 1 is 1.12 bits per heavy atom. The number of morpholine rings is 1. The third-order valence-electron chi connectivity index (χ3n) is 9.77. The minimum Gasteiger partial charge on any atom is -0.497 e. The number of carboxylic acids is 1. The maximum Gasteiger partial charge on any atom is 0.309 e. The smallest absolute Gasteiger partial charge is 0.309 e. The average molecular weight is 554 g/mol. The normalized spacial score (nSPS) is 21.9. The first kappa shape index (κ1) is 29.2. The molecule has 220 valence electrons. The number of methoxy groups -OCH3 is 1. The number of carbonyl (C=O) groups is 1. The van der Waals surface area contributed by atoms with Gasteiger partial charge in [-0.15, -0.1) is 0 Å². The van der Waals surface area contributed by atoms with Crippen LogP contribution in [0.15, 0.2) is 24.4 Å². The van der Waals surface area contributed by atoms with E-state index in [1.807, 2.05) is 24.4 Å². The number of hydrogen-bond acceptors (Lipinski definition) is 7. The summed E-state index contributed by atoms with van der Waals surface area (Å²) in [5.41, 5.74) is 1.85. The minimum atomic E-state index is -0.785. The number of carboxylic acid groups (broad SMARTS) is 1. The molecule has 8 heteroatoms. The molecule has 3 heterocycles. The number of ether oxygens (including phenoxy) is 2. The molecule has 0 radical (unpaired) electrons. The fourth-order valence-electron chi connectivity index (χ4n) is 7.05. The second kappa shape index (κ2) is 13.6. The molecule has 1 atom stereocenters. The Kier molecular flexibility index (Phi) is 9.94. The molecule has 40 heavy (non-hydrogen) atoms. The maximum atomic E-state index is 12.6. The highest BCUT2D eigenvalue weighted by atomic mass is 16.5. The molecule has 3 fully saturated rings. The molecule has 2 aliphatic heterocycles. The van der Waals surface area contributed by atoms with Crippen molar-refractivity contribution in [1.82, 2.24) is 14.8 Å². The second-order valence-electron chi connectivity index (χ2n) is 12.2. The van der Waals surface area contributed by atoms with Crippen LogP contribution in [0.3, 0.4) is 0 Å². The van der Waals surface area contributed by atoms with Crippen molar-refractivity contribution in [3.63, 3.8) is 0 Å². The predicted molar refractivity (Wildman–Crippen MR) is 156 cm³/mol. The van der Waals surface area contributed by atoms with Gasteiger partial charge in [0.15, 0.2) is 0 Å². The highest BCUT2D eigenvalue weighted by molar-refractivity contribution is 5.85. The fourth-order valence-corrected chi connectivity index (χ4v) is 7.05. The van der Waals surface area contributed by atoms with E-state index in [1.54, 1.807) is 7.11 Å². The van der Waals surface area contributed by atoms with Crippen molar-refractivity contribution in [2.75, 3.05) is 53.0 Å². The summed E-state index contributed by atoms with van der Waals surface area (Å²) in [5.74, 6) is 0.839. The summed E-state index contributed by atoms with van der Waals surface area (Å²) in [6.45, 7) is 6.49. The van der Waals surface area contributed by atoms with E-state index in [4.69, 9.17) is 14.5 Å². The lowest BCUT2D eigenvalue weighted by Crippen LogP contribution is -2.45. The van der Waals surface area contributed by atoms with Crippen molar-refractivity contribution < 1.29 is 24.5 Å². The van der Waals surface area contributed by atoms with Crippen LogP contribution in [0.5, 0.6) is 5.75 Å². The van der Waals surface area contributed by atoms with Gasteiger partial charge in [0.2, 0.25) is 0 Å². The summed E-state index contributed by atoms with van der Waals surface area (Å²) in [6.07, 6.45) is 11.3. The van der Waals surface area contributed by atoms with Crippen molar-refractivity contribution in [1.29, 1.82) is 0 Å². The summed E-state index contributed by atoms with van der Waals surface area (Å²) in [5, 5.41) is 22.9. The molecule has 2 aromatic rings. The molecular weight excluding hydrogens is 506 g/mol. The Balaban J connectivity index is 1.28. The van der Waals surface area contributed by atoms with E-state index in [0.717, 1.165) is 60.7 Å². The zero-order valence-electron chi connectivity index (χ0n) is 24.2. The van der Waals surface area contributed by atoms with Crippen LogP contribution in [0.25, 0.3) is 10.9 Å². The number of rotatable bonds is 11. The molecule has 1 aliphatic carbocycles. The number of likely N-dealkylation sites (tertiary alicyclic amines) is 1. The zero-order chi connectivity index (χ0) is 28.0. The predicted octanol–water partition coefficient (Wildman–Crippen LogP) is 5.03. The Bertz CT molecular complexity index is 1120. The minimum absolute atomic E-state index is 0.404. The van der Waals surface area contributed by atoms with E-state index in [0.29, 0.717) is 51.2 Å². The number of aromatic nitrogens is 1. The van der Waals surface area contributed by atoms with Crippen molar-refractivity contribution >= 4 is 16.9 Å². The molecule has 1 aromatic carbocycles. The van der Waals surface area contributed by atoms with Gasteiger partial charge in [-0.1, -0.05) is 32.1 Å². The first-order chi connectivity index (χ1) is 19.5. The SMILES string of the molecule is COc1ccc2ncc(CN3CCOCC3)c([C@@H](O)CCC3(C(=O)O)CCN(CCC4CCCCC4)CC3)c2c1. The highest BCUT2D eigenvalue weighted by Gasteiger charge is 2.41. The van der Waals surface area contributed by atoms with Crippen molar-refractivity contribution in [2.45, 2.75) is 76.9 Å². The van der Waals surface area contributed by atoms with Gasteiger partial charge in [-0.25, -0.2) is 0 Å². The Morgan fingerprint density at radius 2 is 1.88 bits per heavy atom. The van der Waals surface area contributed by atoms with E-state index >= 15 is 0 Å². The van der Waals surface area contributed by atoms with Crippen LogP contribution in [0, 0.1) is 11.3 Å². The number of hydrogen-bond donors (Lipinski definition) is 2. The number of fused-ring (bicyclic) bond motifs is 1. The first-order valence-electron chi connectivity index (χ1n) is 15.4. The average Bonchev–Trinajstić information content (AvgIpc) is 3.00. The lowest BCUT2D eigenvalue weighted by Gasteiger charge is -2.40. The van der Waals surface area contributed by atoms with Crippen LogP contribution in [0.4, 0.5) is 0 Å². The Labute approximate surface area is 238 Å². The molecule has 8 nitrogen and oxygen atoms in total. The summed E-state index contributed by atoms with van der Waals surface area (Å²) in [4.78, 5) is 22.1. The molecule has 2 saturated heterocycles. The molecule has 5 rings (SSSR count). The van der Waals surface area contributed by atoms with Gasteiger partial charge >= 0.3 is 5.97 Å². The van der Waals surface area contributed by atoms with Crippen molar-refractivity contribution in [3.05, 3.63) is 35.5 Å². The van der Waals surface area contributed by atoms with Gasteiger partial charge in [0, 0.05) is 31.2 Å². The molecule has 0 bridgehead atoms. The number of aliphatic hydroxyl groups is 1. The Morgan fingerprint density at radius 3 is 2.58 bits per heavy atom. The molecule has 2 N–H and O–H groups in total. The first-order valence-corrected chi connectivity index (χ1v) is 15.4. The van der Waals surface area contributed by atoms with Crippen LogP contribution in [0.1, 0.15) is 81.4 Å². The lowest BCUT2D eigenvalue weighted by atomic mass is 9.73. The Hall–Kier alpha value is -2.26. The van der Waals surface area contributed by atoms with E-state index in [9.17, 15) is 15.0 Å². The van der Waals surface area contributed by atoms with Crippen LogP contribution in [0.2, 0.25) is 0 Å². The lowest BCUT2D eigenvalue weighted by molar-refractivity contribution is -0.153. The molecule has 1 saturated carbocycles. The third kappa shape index (κ3) is 6.96. The zero-order valence-corrected chi connectivity index (χ0v) is 24.2. The number of nitrogens with zero attached hydrogens (tertiary/aromatic N) is 3. The number of piperidine rings is 1. The molecular formula is C32H47N3O5. The van der Waals surface area contributed by atoms with Crippen molar-refractivity contribution in [3.8, 4) is 5.75 Å². The molecule has 0 amide bonds. The van der Waals surface area contributed by atoms with Gasteiger partial charge < -0.3 is 24.6 Å². The van der Waals surface area contributed by atoms with Gasteiger partial charge in [-0.2, -0.15) is 0 Å². The summed E-state index contributed by atoms with van der Waals surface area (Å²) >= 11 is 0. The molecule has 3 aliphatic rings. The number of benzene rings is 1. The molecule has 0 unspecified atom stereocenters. The maximum absolute atomic E-state index is 12.6. The van der Waals surface area contributed by atoms with Crippen LogP contribution in [-0.2, 0) is 16.1 Å². The van der Waals surface area contributed by atoms with E-state index in [1.165, 1.54) is 38.5 Å². The van der Waals surface area contributed by atoms with Crippen LogP contribution >= 0.6 is 0 Å². The quantitative estimate of drug-likeness (QED) is 0.400. The summed E-state index contributed by atoms with van der Waals surface area (Å²) in [6, 6.07) is 5.75. The van der Waals surface area contributed by atoms with Gasteiger partial charge in [-0.3, -0.25) is 14.7 Å². The van der Waals surface area contributed by atoms with Crippen molar-refractivity contribution in [2.24, 2.45) is 11.3 Å². The number of aliphatic hydroxyl groups excluding tert-OH is 1. The van der Waals surface area contributed by atoms with E-state index < -0.39 is 17.5 Å². The monoisotopic (exact) mass is 553 g/mol.